The normalized spacial score (nSPS) is 19.4. The minimum atomic E-state index is -0.588. The van der Waals surface area contributed by atoms with E-state index in [0.29, 0.717) is 37.9 Å². The van der Waals surface area contributed by atoms with E-state index in [0.717, 1.165) is 0 Å². The summed E-state index contributed by atoms with van der Waals surface area (Å²) in [5, 5.41) is 3.03. The number of ether oxygens (including phenoxy) is 2. The first-order chi connectivity index (χ1) is 8.66. The van der Waals surface area contributed by atoms with Gasteiger partial charge < -0.3 is 26.3 Å². The van der Waals surface area contributed by atoms with Gasteiger partial charge in [-0.05, 0) is 12.1 Å². The lowest BCUT2D eigenvalue weighted by Crippen LogP contribution is -2.34. The Morgan fingerprint density at radius 2 is 2.33 bits per heavy atom. The van der Waals surface area contributed by atoms with Crippen molar-refractivity contribution in [1.29, 1.82) is 0 Å². The third-order valence-electron chi connectivity index (χ3n) is 2.56. The topological polar surface area (TPSA) is 112 Å². The van der Waals surface area contributed by atoms with Gasteiger partial charge in [-0.1, -0.05) is 0 Å². The van der Waals surface area contributed by atoms with Crippen LogP contribution >= 0.6 is 0 Å². The van der Waals surface area contributed by atoms with Gasteiger partial charge in [0, 0.05) is 6.54 Å². The zero-order valence-electron chi connectivity index (χ0n) is 9.89. The van der Waals surface area contributed by atoms with E-state index in [4.69, 9.17) is 20.9 Å². The standard InChI is InChI=1S/C11H16N4O3/c12-8-1-2-9(10(13)16)15-11(8)14-5-7-6-17-3-4-18-7/h1-2,7H,3-6,12H2,(H2,13,16)(H,14,15). The van der Waals surface area contributed by atoms with Gasteiger partial charge in [-0.15, -0.1) is 0 Å². The Morgan fingerprint density at radius 1 is 1.50 bits per heavy atom. The Balaban J connectivity index is 1.99. The molecule has 1 amide bonds. The van der Waals surface area contributed by atoms with E-state index in [9.17, 15) is 4.79 Å². The summed E-state index contributed by atoms with van der Waals surface area (Å²) >= 11 is 0. The highest BCUT2D eigenvalue weighted by atomic mass is 16.6. The smallest absolute Gasteiger partial charge is 0.267 e. The van der Waals surface area contributed by atoms with Gasteiger partial charge in [0.2, 0.25) is 0 Å². The van der Waals surface area contributed by atoms with Crippen LogP contribution < -0.4 is 16.8 Å². The number of nitrogen functional groups attached to an aromatic ring is 1. The zero-order valence-corrected chi connectivity index (χ0v) is 9.89. The van der Waals surface area contributed by atoms with E-state index in [-0.39, 0.29) is 11.8 Å². The van der Waals surface area contributed by atoms with E-state index in [1.54, 1.807) is 6.07 Å². The molecule has 18 heavy (non-hydrogen) atoms. The molecule has 1 aliphatic rings. The number of pyridine rings is 1. The van der Waals surface area contributed by atoms with Crippen molar-refractivity contribution >= 4 is 17.4 Å². The summed E-state index contributed by atoms with van der Waals surface area (Å²) in [5.41, 5.74) is 11.5. The van der Waals surface area contributed by atoms with Crippen molar-refractivity contribution in [3.63, 3.8) is 0 Å². The lowest BCUT2D eigenvalue weighted by molar-refractivity contribution is -0.0819. The second-order valence-corrected chi connectivity index (χ2v) is 3.95. The number of nitrogens with zero attached hydrogens (tertiary/aromatic N) is 1. The van der Waals surface area contributed by atoms with E-state index in [1.165, 1.54) is 6.07 Å². The van der Waals surface area contributed by atoms with Crippen molar-refractivity contribution < 1.29 is 14.3 Å². The molecule has 0 aliphatic carbocycles. The molecule has 0 saturated carbocycles. The fraction of sp³-hybridized carbons (Fsp3) is 0.455. The lowest BCUT2D eigenvalue weighted by Gasteiger charge is -2.23. The third kappa shape index (κ3) is 3.08. The minimum Gasteiger partial charge on any atom is -0.396 e. The van der Waals surface area contributed by atoms with Crippen molar-refractivity contribution in [2.24, 2.45) is 5.73 Å². The predicted octanol–water partition coefficient (Wildman–Crippen LogP) is -0.410. The molecule has 1 aliphatic heterocycles. The van der Waals surface area contributed by atoms with Crippen molar-refractivity contribution in [3.05, 3.63) is 17.8 Å². The Kier molecular flexibility index (Phi) is 3.96. The van der Waals surface area contributed by atoms with Gasteiger partial charge in [0.05, 0.1) is 31.6 Å². The van der Waals surface area contributed by atoms with Gasteiger partial charge in [0.15, 0.2) is 0 Å². The summed E-state index contributed by atoms with van der Waals surface area (Å²) in [4.78, 5) is 15.1. The molecule has 1 saturated heterocycles. The van der Waals surface area contributed by atoms with Gasteiger partial charge in [-0.25, -0.2) is 4.98 Å². The summed E-state index contributed by atoms with van der Waals surface area (Å²) in [5.74, 6) is -0.157. The molecule has 0 radical (unpaired) electrons. The van der Waals surface area contributed by atoms with Crippen molar-refractivity contribution in [2.45, 2.75) is 6.10 Å². The van der Waals surface area contributed by atoms with Crippen LogP contribution in [0, 0.1) is 0 Å². The highest BCUT2D eigenvalue weighted by Gasteiger charge is 2.15. The molecule has 7 heteroatoms. The number of amides is 1. The highest BCUT2D eigenvalue weighted by molar-refractivity contribution is 5.91. The summed E-state index contributed by atoms with van der Waals surface area (Å²) in [6.45, 7) is 2.24. The maximum atomic E-state index is 11.0. The number of carbonyl (C=O) groups excluding carboxylic acids is 1. The summed E-state index contributed by atoms with van der Waals surface area (Å²) in [7, 11) is 0. The fourth-order valence-electron chi connectivity index (χ4n) is 1.61. The maximum Gasteiger partial charge on any atom is 0.267 e. The lowest BCUT2D eigenvalue weighted by atomic mass is 10.3. The van der Waals surface area contributed by atoms with E-state index >= 15 is 0 Å². The van der Waals surface area contributed by atoms with Crippen LogP contribution in [-0.2, 0) is 9.47 Å². The van der Waals surface area contributed by atoms with E-state index in [2.05, 4.69) is 10.3 Å². The molecule has 1 unspecified atom stereocenters. The van der Waals surface area contributed by atoms with Gasteiger partial charge >= 0.3 is 0 Å². The quantitative estimate of drug-likeness (QED) is 0.671. The summed E-state index contributed by atoms with van der Waals surface area (Å²) in [6, 6.07) is 3.08. The number of anilines is 2. The fourth-order valence-corrected chi connectivity index (χ4v) is 1.61. The maximum absolute atomic E-state index is 11.0. The van der Waals surface area contributed by atoms with Crippen LogP contribution in [0.3, 0.4) is 0 Å². The Labute approximate surface area is 104 Å². The minimum absolute atomic E-state index is 0.0443. The molecule has 0 bridgehead atoms. The Hall–Kier alpha value is -1.86. The second-order valence-electron chi connectivity index (χ2n) is 3.95. The van der Waals surface area contributed by atoms with E-state index < -0.39 is 5.91 Å². The third-order valence-corrected chi connectivity index (χ3v) is 2.56. The Morgan fingerprint density at radius 3 is 3.00 bits per heavy atom. The van der Waals surface area contributed by atoms with Gasteiger partial charge in [0.1, 0.15) is 11.5 Å². The molecular formula is C11H16N4O3. The molecular weight excluding hydrogens is 236 g/mol. The first-order valence-electron chi connectivity index (χ1n) is 5.66. The molecule has 98 valence electrons. The van der Waals surface area contributed by atoms with Gasteiger partial charge in [-0.2, -0.15) is 0 Å². The highest BCUT2D eigenvalue weighted by Crippen LogP contribution is 2.16. The average Bonchev–Trinajstić information content (AvgIpc) is 2.38. The first-order valence-corrected chi connectivity index (χ1v) is 5.66. The van der Waals surface area contributed by atoms with Crippen LogP contribution in [0.2, 0.25) is 0 Å². The summed E-state index contributed by atoms with van der Waals surface area (Å²) < 4.78 is 10.7. The molecule has 1 fully saturated rings. The van der Waals surface area contributed by atoms with Crippen LogP contribution in [0.4, 0.5) is 11.5 Å². The van der Waals surface area contributed by atoms with E-state index in [1.807, 2.05) is 0 Å². The van der Waals surface area contributed by atoms with Crippen molar-refractivity contribution in [3.8, 4) is 0 Å². The molecule has 0 aromatic carbocycles. The van der Waals surface area contributed by atoms with Crippen LogP contribution in [0.1, 0.15) is 10.5 Å². The molecule has 5 N–H and O–H groups in total. The largest absolute Gasteiger partial charge is 0.396 e. The second kappa shape index (κ2) is 5.65. The van der Waals surface area contributed by atoms with Crippen LogP contribution in [0.5, 0.6) is 0 Å². The number of nitrogens with two attached hydrogens (primary N) is 2. The molecule has 1 aromatic heterocycles. The number of hydrogen-bond acceptors (Lipinski definition) is 6. The predicted molar refractivity (Wildman–Crippen MR) is 66.2 cm³/mol. The SMILES string of the molecule is NC(=O)c1ccc(N)c(NCC2COCCO2)n1. The Bertz CT molecular complexity index is 432. The van der Waals surface area contributed by atoms with Gasteiger partial charge in [-0.3, -0.25) is 4.79 Å². The molecule has 1 atom stereocenters. The zero-order chi connectivity index (χ0) is 13.0. The number of rotatable bonds is 4. The molecule has 2 rings (SSSR count). The molecule has 0 spiro atoms. The number of hydrogen-bond donors (Lipinski definition) is 3. The number of carbonyl (C=O) groups is 1. The number of nitrogens with one attached hydrogen (secondary N) is 1. The molecule has 2 heterocycles. The van der Waals surface area contributed by atoms with Crippen LogP contribution in [0.25, 0.3) is 0 Å². The van der Waals surface area contributed by atoms with Crippen molar-refractivity contribution in [1.82, 2.24) is 4.98 Å². The number of primary amides is 1. The van der Waals surface area contributed by atoms with Gasteiger partial charge in [0.25, 0.3) is 5.91 Å². The molecule has 7 nitrogen and oxygen atoms in total. The monoisotopic (exact) mass is 252 g/mol. The average molecular weight is 252 g/mol. The van der Waals surface area contributed by atoms with Crippen molar-refractivity contribution in [2.75, 3.05) is 37.4 Å². The first kappa shape index (κ1) is 12.6. The molecule has 1 aromatic rings. The van der Waals surface area contributed by atoms with Crippen LogP contribution in [0.15, 0.2) is 12.1 Å². The summed E-state index contributed by atoms with van der Waals surface area (Å²) in [6.07, 6.45) is -0.0443. The number of aromatic nitrogens is 1. The van der Waals surface area contributed by atoms with Crippen LogP contribution in [-0.4, -0.2) is 43.4 Å².